The van der Waals surface area contributed by atoms with Gasteiger partial charge >= 0.3 is 0 Å². The molecule has 194 valence electrons. The lowest BCUT2D eigenvalue weighted by molar-refractivity contribution is -0.120. The van der Waals surface area contributed by atoms with Crippen LogP contribution in [0.4, 0.5) is 4.39 Å². The second-order valence-corrected chi connectivity index (χ2v) is 9.75. The van der Waals surface area contributed by atoms with Crippen LogP contribution in [0.2, 0.25) is 0 Å². The second kappa shape index (κ2) is 10.3. The number of carbonyl (C=O) groups is 1. The lowest BCUT2D eigenvalue weighted by Crippen LogP contribution is -2.31. The normalized spacial score (nSPS) is 13.0. The molecule has 2 heterocycles. The molecule has 0 aliphatic rings. The molecule has 7 heteroatoms. The molecule has 5 aromatic rings. The molecule has 0 saturated heterocycles. The topological polar surface area (TPSA) is 88.5 Å². The molecule has 0 aliphatic heterocycles. The number of aliphatic hydroxyl groups excluding tert-OH is 1. The van der Waals surface area contributed by atoms with Crippen LogP contribution in [-0.2, 0) is 11.2 Å². The van der Waals surface area contributed by atoms with Crippen LogP contribution in [0.3, 0.4) is 0 Å². The van der Waals surface area contributed by atoms with E-state index in [9.17, 15) is 14.3 Å². The summed E-state index contributed by atoms with van der Waals surface area (Å²) in [7, 11) is 0. The number of aryl methyl sites for hydroxylation is 4. The van der Waals surface area contributed by atoms with Gasteiger partial charge in [-0.05, 0) is 80.3 Å². The maximum absolute atomic E-state index is 13.6. The highest BCUT2D eigenvalue weighted by Gasteiger charge is 2.24. The van der Waals surface area contributed by atoms with Gasteiger partial charge in [-0.1, -0.05) is 47.1 Å². The maximum Gasteiger partial charge on any atom is 0.225 e. The van der Waals surface area contributed by atoms with Gasteiger partial charge in [0.05, 0.1) is 23.7 Å². The van der Waals surface area contributed by atoms with Crippen LogP contribution < -0.4 is 5.32 Å². The van der Waals surface area contributed by atoms with Crippen LogP contribution in [0.25, 0.3) is 11.0 Å². The number of amides is 1. The Hall–Kier alpha value is -4.23. The second-order valence-electron chi connectivity index (χ2n) is 9.75. The number of hydrogen-bond acceptors (Lipinski definition) is 5. The Morgan fingerprint density at radius 1 is 1.00 bits per heavy atom. The molecule has 2 aromatic heterocycles. The summed E-state index contributed by atoms with van der Waals surface area (Å²) in [6.45, 7) is 7.54. The van der Waals surface area contributed by atoms with Crippen LogP contribution in [0.1, 0.15) is 62.7 Å². The van der Waals surface area contributed by atoms with Crippen molar-refractivity contribution in [3.63, 3.8) is 0 Å². The van der Waals surface area contributed by atoms with Crippen molar-refractivity contribution in [2.24, 2.45) is 0 Å². The molecule has 2 N–H and O–H groups in total. The van der Waals surface area contributed by atoms with E-state index in [4.69, 9.17) is 8.94 Å². The van der Waals surface area contributed by atoms with Crippen LogP contribution in [-0.4, -0.2) is 16.2 Å². The van der Waals surface area contributed by atoms with Gasteiger partial charge in [-0.2, -0.15) is 0 Å². The summed E-state index contributed by atoms with van der Waals surface area (Å²) in [6, 6.07) is 19.1. The van der Waals surface area contributed by atoms with E-state index in [1.54, 1.807) is 38.1 Å². The van der Waals surface area contributed by atoms with E-state index < -0.39 is 12.1 Å². The van der Waals surface area contributed by atoms with E-state index in [0.717, 1.165) is 33.2 Å². The van der Waals surface area contributed by atoms with Gasteiger partial charge in [0.2, 0.25) is 5.91 Å². The van der Waals surface area contributed by atoms with Crippen LogP contribution in [0.15, 0.2) is 75.7 Å². The summed E-state index contributed by atoms with van der Waals surface area (Å²) in [6.07, 6.45) is -0.861. The Morgan fingerprint density at radius 3 is 2.45 bits per heavy atom. The zero-order chi connectivity index (χ0) is 27.0. The summed E-state index contributed by atoms with van der Waals surface area (Å²) in [5.74, 6) is 0.416. The smallest absolute Gasteiger partial charge is 0.225 e. The van der Waals surface area contributed by atoms with E-state index in [1.165, 1.54) is 12.1 Å². The Labute approximate surface area is 220 Å². The van der Waals surface area contributed by atoms with Crippen molar-refractivity contribution in [2.45, 2.75) is 46.3 Å². The fourth-order valence-electron chi connectivity index (χ4n) is 4.92. The zero-order valence-corrected chi connectivity index (χ0v) is 21.7. The minimum Gasteiger partial charge on any atom is -0.458 e. The van der Waals surface area contributed by atoms with E-state index >= 15 is 0 Å². The van der Waals surface area contributed by atoms with Gasteiger partial charge in [-0.15, -0.1) is 0 Å². The van der Waals surface area contributed by atoms with Crippen molar-refractivity contribution >= 4 is 16.9 Å². The average molecular weight is 513 g/mol. The molecule has 0 bridgehead atoms. The van der Waals surface area contributed by atoms with Gasteiger partial charge < -0.3 is 19.4 Å². The molecule has 6 nitrogen and oxygen atoms in total. The summed E-state index contributed by atoms with van der Waals surface area (Å²) in [5, 5.41) is 18.7. The molecule has 0 spiro atoms. The van der Waals surface area contributed by atoms with Gasteiger partial charge in [-0.25, -0.2) is 4.39 Å². The van der Waals surface area contributed by atoms with E-state index in [2.05, 4.69) is 16.5 Å². The number of hydrogen-bond donors (Lipinski definition) is 2. The third-order valence-corrected chi connectivity index (χ3v) is 6.84. The van der Waals surface area contributed by atoms with Gasteiger partial charge in [0.15, 0.2) is 0 Å². The number of fused-ring (bicyclic) bond motifs is 1. The first-order valence-electron chi connectivity index (χ1n) is 12.4. The van der Waals surface area contributed by atoms with Crippen molar-refractivity contribution in [2.75, 3.05) is 0 Å². The first-order valence-corrected chi connectivity index (χ1v) is 12.4. The number of nitrogens with zero attached hydrogens (tertiary/aromatic N) is 1. The first kappa shape index (κ1) is 25.4. The summed E-state index contributed by atoms with van der Waals surface area (Å²) >= 11 is 0. The van der Waals surface area contributed by atoms with Gasteiger partial charge in [-0.3, -0.25) is 4.79 Å². The number of nitrogens with one attached hydrogen (secondary N) is 1. The fraction of sp³-hybridized carbons (Fsp3) is 0.226. The highest BCUT2D eigenvalue weighted by molar-refractivity contribution is 5.83. The monoisotopic (exact) mass is 512 g/mol. The standard InChI is InChI=1S/C31H29FN2O4/c1-17-5-11-25(18(2)13-17)30(22-7-9-24(32)10-8-22)33-28(35)15-21-6-12-26-23(14-21)16-27(37-26)31(36)29-19(3)34-38-20(29)4/h5-14,16,30-31,36H,15H2,1-4H3,(H,33,35). The van der Waals surface area contributed by atoms with Crippen molar-refractivity contribution in [1.29, 1.82) is 0 Å². The number of aliphatic hydroxyl groups is 1. The average Bonchev–Trinajstić information content (AvgIpc) is 3.45. The Morgan fingerprint density at radius 2 is 1.76 bits per heavy atom. The SMILES string of the molecule is Cc1ccc(C(NC(=O)Cc2ccc3oc(C(O)c4c(C)noc4C)cc3c2)c2ccc(F)cc2)c(C)c1. The first-order chi connectivity index (χ1) is 18.2. The number of carbonyl (C=O) groups excluding carboxylic acids is 1. The molecule has 0 radical (unpaired) electrons. The molecule has 38 heavy (non-hydrogen) atoms. The quantitative estimate of drug-likeness (QED) is 0.266. The lowest BCUT2D eigenvalue weighted by Gasteiger charge is -2.22. The molecule has 0 fully saturated rings. The predicted octanol–water partition coefficient (Wildman–Crippen LogP) is 6.32. The van der Waals surface area contributed by atoms with Gasteiger partial charge in [0.1, 0.15) is 29.0 Å². The number of benzene rings is 3. The van der Waals surface area contributed by atoms with E-state index in [1.807, 2.05) is 38.1 Å². The number of rotatable bonds is 7. The molecule has 2 unspecified atom stereocenters. The molecule has 1 amide bonds. The summed E-state index contributed by atoms with van der Waals surface area (Å²) < 4.78 is 24.7. The van der Waals surface area contributed by atoms with E-state index in [-0.39, 0.29) is 18.1 Å². The fourth-order valence-corrected chi connectivity index (χ4v) is 4.92. The van der Waals surface area contributed by atoms with E-state index in [0.29, 0.717) is 28.4 Å². The highest BCUT2D eigenvalue weighted by atomic mass is 19.1. The van der Waals surface area contributed by atoms with Crippen LogP contribution in [0.5, 0.6) is 0 Å². The van der Waals surface area contributed by atoms with Crippen molar-refractivity contribution in [3.05, 3.63) is 123 Å². The summed E-state index contributed by atoms with van der Waals surface area (Å²) in [5.41, 5.74) is 6.52. The van der Waals surface area contributed by atoms with Crippen molar-refractivity contribution < 1.29 is 23.2 Å². The number of halogens is 1. The minimum atomic E-state index is -1.00. The van der Waals surface area contributed by atoms with Gasteiger partial charge in [0.25, 0.3) is 0 Å². The molecule has 2 atom stereocenters. The van der Waals surface area contributed by atoms with Gasteiger partial charge in [0, 0.05) is 5.39 Å². The lowest BCUT2D eigenvalue weighted by atomic mass is 9.93. The Balaban J connectivity index is 1.38. The third kappa shape index (κ3) is 5.10. The van der Waals surface area contributed by atoms with Crippen LogP contribution in [0, 0.1) is 33.5 Å². The molecule has 3 aromatic carbocycles. The molecule has 0 saturated carbocycles. The molecule has 0 aliphatic carbocycles. The number of aromatic nitrogens is 1. The third-order valence-electron chi connectivity index (χ3n) is 6.84. The Bertz CT molecular complexity index is 1600. The number of furan rings is 1. The zero-order valence-electron chi connectivity index (χ0n) is 21.7. The largest absolute Gasteiger partial charge is 0.458 e. The predicted molar refractivity (Wildman–Crippen MR) is 142 cm³/mol. The highest BCUT2D eigenvalue weighted by Crippen LogP contribution is 2.32. The minimum absolute atomic E-state index is 0.144. The molecular formula is C31H29FN2O4. The molecular weight excluding hydrogens is 483 g/mol. The Kier molecular flexibility index (Phi) is 6.87. The van der Waals surface area contributed by atoms with Crippen LogP contribution >= 0.6 is 0 Å². The summed E-state index contributed by atoms with van der Waals surface area (Å²) in [4.78, 5) is 13.2. The maximum atomic E-state index is 13.6. The van der Waals surface area contributed by atoms with Crippen molar-refractivity contribution in [1.82, 2.24) is 10.5 Å². The molecule has 5 rings (SSSR count). The van der Waals surface area contributed by atoms with Crippen molar-refractivity contribution in [3.8, 4) is 0 Å².